The Bertz CT molecular complexity index is 667. The first kappa shape index (κ1) is 18.0. The number of halogens is 3. The van der Waals surface area contributed by atoms with Crippen molar-refractivity contribution < 1.29 is 21.6 Å². The largest absolute Gasteiger partial charge is 0.416 e. The van der Waals surface area contributed by atoms with Gasteiger partial charge in [0.25, 0.3) is 0 Å². The summed E-state index contributed by atoms with van der Waals surface area (Å²) in [5, 5.41) is 3.36. The standard InChI is InChI=1S/C13H16F3N3O2S2/c1-17-12(22)18-6-8-19(9-7-18)23(20,21)11-4-2-10(3-5-11)13(14,15)16/h2-5H,6-9H2,1H3,(H,17,22). The summed E-state index contributed by atoms with van der Waals surface area (Å²) in [7, 11) is -2.12. The first-order valence-electron chi connectivity index (χ1n) is 6.80. The van der Waals surface area contributed by atoms with Crippen LogP contribution in [0.15, 0.2) is 29.2 Å². The van der Waals surface area contributed by atoms with Gasteiger partial charge in [0.2, 0.25) is 10.0 Å². The van der Waals surface area contributed by atoms with Crippen molar-refractivity contribution in [1.29, 1.82) is 0 Å². The average Bonchev–Trinajstić information content (AvgIpc) is 2.53. The van der Waals surface area contributed by atoms with Crippen LogP contribution in [0.2, 0.25) is 0 Å². The molecule has 0 amide bonds. The van der Waals surface area contributed by atoms with Gasteiger partial charge in [0, 0.05) is 33.2 Å². The molecule has 5 nitrogen and oxygen atoms in total. The van der Waals surface area contributed by atoms with E-state index in [0.717, 1.165) is 24.3 Å². The Morgan fingerprint density at radius 3 is 2.09 bits per heavy atom. The topological polar surface area (TPSA) is 52.6 Å². The first-order valence-corrected chi connectivity index (χ1v) is 8.65. The van der Waals surface area contributed by atoms with Crippen molar-refractivity contribution in [3.05, 3.63) is 29.8 Å². The van der Waals surface area contributed by atoms with Gasteiger partial charge >= 0.3 is 6.18 Å². The van der Waals surface area contributed by atoms with Crippen LogP contribution in [0.25, 0.3) is 0 Å². The summed E-state index contributed by atoms with van der Waals surface area (Å²) in [6.45, 7) is 1.31. The Labute approximate surface area is 138 Å². The summed E-state index contributed by atoms with van der Waals surface area (Å²) in [6.07, 6.45) is -4.49. The minimum absolute atomic E-state index is 0.143. The van der Waals surface area contributed by atoms with E-state index in [-0.39, 0.29) is 18.0 Å². The second kappa shape index (κ2) is 6.62. The molecule has 0 spiro atoms. The zero-order valence-electron chi connectivity index (χ0n) is 12.3. The lowest BCUT2D eigenvalue weighted by Gasteiger charge is -2.35. The van der Waals surface area contributed by atoms with Crippen LogP contribution in [0.3, 0.4) is 0 Å². The molecule has 0 saturated carbocycles. The number of hydrogen-bond donors (Lipinski definition) is 1. The van der Waals surface area contributed by atoms with Gasteiger partial charge in [-0.3, -0.25) is 0 Å². The number of sulfonamides is 1. The van der Waals surface area contributed by atoms with Gasteiger partial charge in [-0.05, 0) is 36.5 Å². The Morgan fingerprint density at radius 2 is 1.65 bits per heavy atom. The molecule has 1 aliphatic rings. The molecule has 0 bridgehead atoms. The summed E-state index contributed by atoms with van der Waals surface area (Å²) in [5.41, 5.74) is -0.874. The highest BCUT2D eigenvalue weighted by Crippen LogP contribution is 2.30. The molecule has 1 N–H and O–H groups in total. The molecule has 0 aromatic heterocycles. The van der Waals surface area contributed by atoms with Gasteiger partial charge < -0.3 is 10.2 Å². The third-order valence-electron chi connectivity index (χ3n) is 3.56. The van der Waals surface area contributed by atoms with E-state index in [0.29, 0.717) is 18.2 Å². The lowest BCUT2D eigenvalue weighted by Crippen LogP contribution is -2.52. The second-order valence-corrected chi connectivity index (χ2v) is 7.29. The van der Waals surface area contributed by atoms with Gasteiger partial charge in [-0.25, -0.2) is 8.42 Å². The van der Waals surface area contributed by atoms with Crippen LogP contribution < -0.4 is 5.32 Å². The van der Waals surface area contributed by atoms with E-state index >= 15 is 0 Å². The number of piperazine rings is 1. The van der Waals surface area contributed by atoms with Crippen molar-refractivity contribution in [2.75, 3.05) is 33.2 Å². The van der Waals surface area contributed by atoms with E-state index < -0.39 is 21.8 Å². The highest BCUT2D eigenvalue weighted by atomic mass is 32.2. The van der Waals surface area contributed by atoms with E-state index in [1.165, 1.54) is 4.31 Å². The summed E-state index contributed by atoms with van der Waals surface area (Å²) >= 11 is 5.09. The number of thiocarbonyl (C=S) groups is 1. The molecule has 2 rings (SSSR count). The SMILES string of the molecule is CNC(=S)N1CCN(S(=O)(=O)c2ccc(C(F)(F)F)cc2)CC1. The molecule has 1 aromatic carbocycles. The Balaban J connectivity index is 2.12. The van der Waals surface area contributed by atoms with Gasteiger partial charge in [-0.2, -0.15) is 17.5 Å². The number of hydrogen-bond acceptors (Lipinski definition) is 3. The third-order valence-corrected chi connectivity index (χ3v) is 5.93. The molecule has 1 aromatic rings. The van der Waals surface area contributed by atoms with Crippen LogP contribution in [0, 0.1) is 0 Å². The molecular formula is C13H16F3N3O2S2. The van der Waals surface area contributed by atoms with Crippen LogP contribution in [-0.2, 0) is 16.2 Å². The van der Waals surface area contributed by atoms with Crippen LogP contribution in [0.4, 0.5) is 13.2 Å². The van der Waals surface area contributed by atoms with Gasteiger partial charge in [0.1, 0.15) is 0 Å². The predicted octanol–water partition coefficient (Wildman–Crippen LogP) is 1.52. The molecule has 128 valence electrons. The first-order chi connectivity index (χ1) is 10.7. The minimum Gasteiger partial charge on any atom is -0.366 e. The maximum atomic E-state index is 12.5. The van der Waals surface area contributed by atoms with Crippen molar-refractivity contribution in [3.8, 4) is 0 Å². The quantitative estimate of drug-likeness (QED) is 0.804. The summed E-state index contributed by atoms with van der Waals surface area (Å²) in [6, 6.07) is 3.53. The van der Waals surface area contributed by atoms with Crippen molar-refractivity contribution in [3.63, 3.8) is 0 Å². The number of rotatable bonds is 2. The molecule has 0 radical (unpaired) electrons. The smallest absolute Gasteiger partial charge is 0.366 e. The second-order valence-electron chi connectivity index (χ2n) is 4.97. The molecule has 1 fully saturated rings. The molecule has 0 atom stereocenters. The normalized spacial score (nSPS) is 17.1. The molecular weight excluding hydrogens is 351 g/mol. The fourth-order valence-electron chi connectivity index (χ4n) is 2.25. The van der Waals surface area contributed by atoms with Crippen molar-refractivity contribution in [2.45, 2.75) is 11.1 Å². The van der Waals surface area contributed by atoms with E-state index in [2.05, 4.69) is 5.32 Å². The monoisotopic (exact) mass is 367 g/mol. The number of benzene rings is 1. The molecule has 1 aliphatic heterocycles. The van der Waals surface area contributed by atoms with E-state index in [1.54, 1.807) is 7.05 Å². The van der Waals surface area contributed by atoms with Gasteiger partial charge in [0.05, 0.1) is 10.5 Å². The third kappa shape index (κ3) is 3.93. The molecule has 23 heavy (non-hydrogen) atoms. The summed E-state index contributed by atoms with van der Waals surface area (Å²) in [4.78, 5) is 1.70. The minimum atomic E-state index is -4.49. The summed E-state index contributed by atoms with van der Waals surface area (Å²) < 4.78 is 63.8. The number of nitrogens with zero attached hydrogens (tertiary/aromatic N) is 2. The van der Waals surface area contributed by atoms with Gasteiger partial charge in [-0.1, -0.05) is 0 Å². The number of nitrogens with one attached hydrogen (secondary N) is 1. The number of alkyl halides is 3. The van der Waals surface area contributed by atoms with Crippen molar-refractivity contribution in [1.82, 2.24) is 14.5 Å². The van der Waals surface area contributed by atoms with Crippen molar-refractivity contribution in [2.24, 2.45) is 0 Å². The highest BCUT2D eigenvalue weighted by Gasteiger charge is 2.32. The van der Waals surface area contributed by atoms with E-state index in [4.69, 9.17) is 12.2 Å². The van der Waals surface area contributed by atoms with Crippen LogP contribution in [-0.4, -0.2) is 56.0 Å². The highest BCUT2D eigenvalue weighted by molar-refractivity contribution is 7.89. The zero-order valence-corrected chi connectivity index (χ0v) is 13.9. The van der Waals surface area contributed by atoms with Crippen LogP contribution >= 0.6 is 12.2 Å². The molecule has 0 unspecified atom stereocenters. The lowest BCUT2D eigenvalue weighted by molar-refractivity contribution is -0.137. The summed E-state index contributed by atoms with van der Waals surface area (Å²) in [5.74, 6) is 0. The zero-order chi connectivity index (χ0) is 17.3. The maximum Gasteiger partial charge on any atom is 0.416 e. The van der Waals surface area contributed by atoms with E-state index in [9.17, 15) is 21.6 Å². The maximum absolute atomic E-state index is 12.5. The Kier molecular flexibility index (Phi) is 5.17. The fourth-order valence-corrected chi connectivity index (χ4v) is 3.86. The van der Waals surface area contributed by atoms with E-state index in [1.807, 2.05) is 4.90 Å². The Morgan fingerprint density at radius 1 is 1.13 bits per heavy atom. The molecule has 1 saturated heterocycles. The van der Waals surface area contributed by atoms with Gasteiger partial charge in [0.15, 0.2) is 5.11 Å². The molecule has 1 heterocycles. The lowest BCUT2D eigenvalue weighted by atomic mass is 10.2. The fraction of sp³-hybridized carbons (Fsp3) is 0.462. The molecule has 10 heteroatoms. The predicted molar refractivity (Wildman–Crippen MR) is 83.4 cm³/mol. The average molecular weight is 367 g/mol. The van der Waals surface area contributed by atoms with Crippen molar-refractivity contribution >= 4 is 27.4 Å². The van der Waals surface area contributed by atoms with Gasteiger partial charge in [-0.15, -0.1) is 0 Å². The van der Waals surface area contributed by atoms with Crippen LogP contribution in [0.5, 0.6) is 0 Å². The van der Waals surface area contributed by atoms with Crippen LogP contribution in [0.1, 0.15) is 5.56 Å². The molecule has 0 aliphatic carbocycles. The Hall–Kier alpha value is -1.39.